The number of ketones is 1. The van der Waals surface area contributed by atoms with Gasteiger partial charge in [-0.2, -0.15) is 0 Å². The molecule has 3 rings (SSSR count). The van der Waals surface area contributed by atoms with Crippen LogP contribution in [-0.4, -0.2) is 11.7 Å². The van der Waals surface area contributed by atoms with E-state index in [1.165, 1.54) is 0 Å². The molecule has 0 heterocycles. The predicted octanol–water partition coefficient (Wildman–Crippen LogP) is 1.50. The van der Waals surface area contributed by atoms with Crippen molar-refractivity contribution in [2.75, 3.05) is 0 Å². The Morgan fingerprint density at radius 1 is 0.944 bits per heavy atom. The molecule has 0 saturated carbocycles. The summed E-state index contributed by atoms with van der Waals surface area (Å²) in [6, 6.07) is 12.4. The second kappa shape index (κ2) is 3.78. The molecule has 3 N–H and O–H groups in total. The standard InChI is InChI=1S/C14H10N2O2/c15-16-14(18)8-5-6-10-9-3-1-2-4-11(9)13(17)12(10)7-8/h1-7H,15H2,(H,16,18). The topological polar surface area (TPSA) is 72.2 Å². The Bertz CT molecular complexity index is 677. The molecule has 0 aromatic heterocycles. The maximum Gasteiger partial charge on any atom is 0.265 e. The van der Waals surface area contributed by atoms with E-state index in [-0.39, 0.29) is 5.78 Å². The number of carbonyl (C=O) groups is 2. The smallest absolute Gasteiger partial charge is 0.265 e. The van der Waals surface area contributed by atoms with Gasteiger partial charge in [-0.15, -0.1) is 0 Å². The number of benzene rings is 2. The quantitative estimate of drug-likeness (QED) is 0.383. The Labute approximate surface area is 103 Å². The number of fused-ring (bicyclic) bond motifs is 3. The van der Waals surface area contributed by atoms with Gasteiger partial charge < -0.3 is 0 Å². The van der Waals surface area contributed by atoms with E-state index in [2.05, 4.69) is 5.43 Å². The van der Waals surface area contributed by atoms with Crippen LogP contribution in [0.4, 0.5) is 0 Å². The van der Waals surface area contributed by atoms with Crippen molar-refractivity contribution in [2.45, 2.75) is 0 Å². The molecule has 0 unspecified atom stereocenters. The normalized spacial score (nSPS) is 11.9. The summed E-state index contributed by atoms with van der Waals surface area (Å²) in [5.74, 6) is 4.63. The summed E-state index contributed by atoms with van der Waals surface area (Å²) in [5, 5.41) is 0. The SMILES string of the molecule is NNC(=O)c1ccc2c(c1)C(=O)c1ccccc1-2. The summed E-state index contributed by atoms with van der Waals surface area (Å²) in [7, 11) is 0. The molecule has 0 bridgehead atoms. The minimum absolute atomic E-state index is 0.0488. The lowest BCUT2D eigenvalue weighted by Gasteiger charge is -2.03. The van der Waals surface area contributed by atoms with Gasteiger partial charge in [0.2, 0.25) is 0 Å². The van der Waals surface area contributed by atoms with E-state index in [4.69, 9.17) is 5.84 Å². The fourth-order valence-electron chi connectivity index (χ4n) is 2.25. The van der Waals surface area contributed by atoms with E-state index in [0.717, 1.165) is 11.1 Å². The highest BCUT2D eigenvalue weighted by Gasteiger charge is 2.26. The van der Waals surface area contributed by atoms with Crippen LogP contribution in [0.2, 0.25) is 0 Å². The Morgan fingerprint density at radius 2 is 1.61 bits per heavy atom. The Kier molecular flexibility index (Phi) is 2.25. The van der Waals surface area contributed by atoms with Crippen molar-refractivity contribution in [1.29, 1.82) is 0 Å². The van der Waals surface area contributed by atoms with Crippen LogP contribution < -0.4 is 11.3 Å². The Morgan fingerprint density at radius 3 is 2.33 bits per heavy atom. The van der Waals surface area contributed by atoms with Gasteiger partial charge in [0, 0.05) is 16.7 Å². The van der Waals surface area contributed by atoms with Crippen molar-refractivity contribution in [2.24, 2.45) is 5.84 Å². The third-order valence-corrected chi connectivity index (χ3v) is 3.12. The maximum atomic E-state index is 12.2. The minimum atomic E-state index is -0.401. The van der Waals surface area contributed by atoms with Gasteiger partial charge >= 0.3 is 0 Å². The summed E-state index contributed by atoms with van der Waals surface area (Å²) >= 11 is 0. The van der Waals surface area contributed by atoms with Gasteiger partial charge in [0.15, 0.2) is 5.78 Å². The van der Waals surface area contributed by atoms with E-state index >= 15 is 0 Å². The highest BCUT2D eigenvalue weighted by Crippen LogP contribution is 2.36. The summed E-state index contributed by atoms with van der Waals surface area (Å²) in [6.07, 6.45) is 0. The van der Waals surface area contributed by atoms with E-state index in [1.54, 1.807) is 24.3 Å². The number of hydrazine groups is 1. The highest BCUT2D eigenvalue weighted by molar-refractivity contribution is 6.22. The molecule has 0 saturated heterocycles. The van der Waals surface area contributed by atoms with Gasteiger partial charge in [-0.25, -0.2) is 5.84 Å². The molecule has 2 aromatic carbocycles. The lowest BCUT2D eigenvalue weighted by atomic mass is 10.0. The summed E-state index contributed by atoms with van der Waals surface area (Å²) in [5.41, 5.74) is 5.46. The molecule has 4 heteroatoms. The molecular weight excluding hydrogens is 228 g/mol. The number of nitrogen functional groups attached to an aromatic ring is 1. The number of nitrogens with one attached hydrogen (secondary N) is 1. The number of nitrogens with two attached hydrogens (primary N) is 1. The van der Waals surface area contributed by atoms with Crippen LogP contribution in [0.25, 0.3) is 11.1 Å². The van der Waals surface area contributed by atoms with Crippen LogP contribution in [0.5, 0.6) is 0 Å². The molecule has 4 nitrogen and oxygen atoms in total. The summed E-state index contributed by atoms with van der Waals surface area (Å²) < 4.78 is 0. The van der Waals surface area contributed by atoms with Gasteiger partial charge in [0.05, 0.1) is 0 Å². The van der Waals surface area contributed by atoms with Crippen molar-refractivity contribution in [3.8, 4) is 11.1 Å². The number of amides is 1. The van der Waals surface area contributed by atoms with E-state index in [1.807, 2.05) is 18.2 Å². The first-order valence-electron chi connectivity index (χ1n) is 5.51. The third kappa shape index (κ3) is 1.36. The van der Waals surface area contributed by atoms with E-state index in [0.29, 0.717) is 16.7 Å². The molecule has 0 fully saturated rings. The average Bonchev–Trinajstić information content (AvgIpc) is 2.72. The molecule has 1 amide bonds. The number of hydrogen-bond donors (Lipinski definition) is 2. The summed E-state index contributed by atoms with van der Waals surface area (Å²) in [6.45, 7) is 0. The van der Waals surface area contributed by atoms with Gasteiger partial charge in [0.25, 0.3) is 5.91 Å². The summed E-state index contributed by atoms with van der Waals surface area (Å²) in [4.78, 5) is 23.6. The molecule has 2 aromatic rings. The third-order valence-electron chi connectivity index (χ3n) is 3.12. The van der Waals surface area contributed by atoms with Crippen LogP contribution in [-0.2, 0) is 0 Å². The van der Waals surface area contributed by atoms with Crippen LogP contribution in [0, 0.1) is 0 Å². The van der Waals surface area contributed by atoms with Crippen molar-refractivity contribution >= 4 is 11.7 Å². The van der Waals surface area contributed by atoms with Crippen LogP contribution in [0.1, 0.15) is 26.3 Å². The molecular formula is C14H10N2O2. The number of rotatable bonds is 1. The Balaban J connectivity index is 2.20. The van der Waals surface area contributed by atoms with Crippen molar-refractivity contribution in [1.82, 2.24) is 5.43 Å². The second-order valence-electron chi connectivity index (χ2n) is 4.11. The maximum absolute atomic E-state index is 12.2. The molecule has 1 aliphatic carbocycles. The number of carbonyl (C=O) groups excluding carboxylic acids is 2. The molecule has 1 aliphatic rings. The van der Waals surface area contributed by atoms with Gasteiger partial charge in [0.1, 0.15) is 0 Å². The molecule has 0 atom stereocenters. The van der Waals surface area contributed by atoms with Crippen LogP contribution in [0.15, 0.2) is 42.5 Å². The van der Waals surface area contributed by atoms with Crippen molar-refractivity contribution in [3.63, 3.8) is 0 Å². The van der Waals surface area contributed by atoms with Gasteiger partial charge in [-0.05, 0) is 23.3 Å². The second-order valence-corrected chi connectivity index (χ2v) is 4.11. The monoisotopic (exact) mass is 238 g/mol. The lowest BCUT2D eigenvalue weighted by Crippen LogP contribution is -2.30. The van der Waals surface area contributed by atoms with Gasteiger partial charge in [-0.3, -0.25) is 15.0 Å². The van der Waals surface area contributed by atoms with Crippen molar-refractivity contribution < 1.29 is 9.59 Å². The molecule has 0 aliphatic heterocycles. The molecule has 88 valence electrons. The fraction of sp³-hybridized carbons (Fsp3) is 0. The van der Waals surface area contributed by atoms with E-state index < -0.39 is 5.91 Å². The minimum Gasteiger partial charge on any atom is -0.290 e. The zero-order chi connectivity index (χ0) is 12.7. The van der Waals surface area contributed by atoms with Crippen LogP contribution in [0.3, 0.4) is 0 Å². The van der Waals surface area contributed by atoms with E-state index in [9.17, 15) is 9.59 Å². The molecule has 0 radical (unpaired) electrons. The molecule has 18 heavy (non-hydrogen) atoms. The molecule has 0 spiro atoms. The van der Waals surface area contributed by atoms with Gasteiger partial charge in [-0.1, -0.05) is 30.3 Å². The highest BCUT2D eigenvalue weighted by atomic mass is 16.2. The first-order valence-corrected chi connectivity index (χ1v) is 5.51. The number of hydrogen-bond acceptors (Lipinski definition) is 3. The Hall–Kier alpha value is -2.46. The zero-order valence-corrected chi connectivity index (χ0v) is 9.44. The lowest BCUT2D eigenvalue weighted by molar-refractivity contribution is 0.0953. The zero-order valence-electron chi connectivity index (χ0n) is 9.44. The first-order chi connectivity index (χ1) is 8.72. The predicted molar refractivity (Wildman–Crippen MR) is 67.0 cm³/mol. The fourth-order valence-corrected chi connectivity index (χ4v) is 2.25. The first kappa shape index (κ1) is 10.7. The van der Waals surface area contributed by atoms with Crippen LogP contribution >= 0.6 is 0 Å². The largest absolute Gasteiger partial charge is 0.290 e. The van der Waals surface area contributed by atoms with Crippen molar-refractivity contribution in [3.05, 3.63) is 59.2 Å². The average molecular weight is 238 g/mol.